The molecule has 0 aliphatic carbocycles. The number of aliphatic imine (C=N–C) groups is 1. The van der Waals surface area contributed by atoms with Crippen LogP contribution in [-0.4, -0.2) is 11.9 Å². The topological polar surface area (TPSA) is 38.7 Å². The highest BCUT2D eigenvalue weighted by atomic mass is 127. The number of hydrogen-bond acceptors (Lipinski definition) is 3. The van der Waals surface area contributed by atoms with Crippen LogP contribution in [0.15, 0.2) is 65.3 Å². The number of fused-ring (bicyclic) bond motifs is 1. The van der Waals surface area contributed by atoms with E-state index in [2.05, 4.69) is 52.7 Å². The van der Waals surface area contributed by atoms with Crippen molar-refractivity contribution in [2.45, 2.75) is 13.8 Å². The molecule has 0 amide bonds. The fourth-order valence-corrected chi connectivity index (χ4v) is 3.39. The second-order valence-electron chi connectivity index (χ2n) is 6.32. The molecule has 4 rings (SSSR count). The monoisotopic (exact) mass is 453 g/mol. The van der Waals surface area contributed by atoms with Crippen LogP contribution in [0.4, 0.5) is 0 Å². The van der Waals surface area contributed by atoms with Gasteiger partial charge in [-0.25, -0.2) is 9.79 Å². The van der Waals surface area contributed by atoms with Crippen LogP contribution in [0.25, 0.3) is 16.8 Å². The summed E-state index contributed by atoms with van der Waals surface area (Å²) < 4.78 is 6.57. The lowest BCUT2D eigenvalue weighted by atomic mass is 10.00. The van der Waals surface area contributed by atoms with Gasteiger partial charge in [0.2, 0.25) is 5.90 Å². The van der Waals surface area contributed by atoms with Crippen molar-refractivity contribution in [1.29, 1.82) is 0 Å². The van der Waals surface area contributed by atoms with E-state index in [4.69, 9.17) is 4.74 Å². The summed E-state index contributed by atoms with van der Waals surface area (Å²) in [4.78, 5) is 16.7. The summed E-state index contributed by atoms with van der Waals surface area (Å²) in [5.41, 5.74) is 4.43. The van der Waals surface area contributed by atoms with Gasteiger partial charge in [0.05, 0.1) is 0 Å². The maximum Gasteiger partial charge on any atom is 0.363 e. The van der Waals surface area contributed by atoms with Crippen molar-refractivity contribution in [1.82, 2.24) is 0 Å². The Labute approximate surface area is 165 Å². The van der Waals surface area contributed by atoms with E-state index in [-0.39, 0.29) is 0 Å². The molecule has 3 aromatic carbocycles. The lowest BCUT2D eigenvalue weighted by molar-refractivity contribution is -0.129. The molecule has 1 heterocycles. The summed E-state index contributed by atoms with van der Waals surface area (Å²) in [7, 11) is 0. The molecule has 26 heavy (non-hydrogen) atoms. The fraction of sp³-hybridized carbons (Fsp3) is 0.0909. The molecular formula is C22H16INO2. The van der Waals surface area contributed by atoms with E-state index in [1.165, 1.54) is 10.9 Å². The molecule has 3 aromatic rings. The quantitative estimate of drug-likeness (QED) is 0.296. The summed E-state index contributed by atoms with van der Waals surface area (Å²) in [6.07, 6.45) is 1.80. The molecule has 4 heteroatoms. The number of esters is 1. The molecule has 0 N–H and O–H groups in total. The normalized spacial score (nSPS) is 15.4. The fourth-order valence-electron chi connectivity index (χ4n) is 3.06. The number of nitrogens with zero attached hydrogens (tertiary/aromatic N) is 1. The van der Waals surface area contributed by atoms with Gasteiger partial charge in [-0.2, -0.15) is 0 Å². The third kappa shape index (κ3) is 3.05. The zero-order valence-corrected chi connectivity index (χ0v) is 16.6. The number of carbonyl (C=O) groups excluding carboxylic acids is 1. The minimum absolute atomic E-state index is 0.324. The number of rotatable bonds is 2. The Morgan fingerprint density at radius 3 is 2.50 bits per heavy atom. The minimum Gasteiger partial charge on any atom is -0.402 e. The molecule has 1 aliphatic heterocycles. The van der Waals surface area contributed by atoms with E-state index in [0.717, 1.165) is 25.6 Å². The highest BCUT2D eigenvalue weighted by molar-refractivity contribution is 14.1. The summed E-state index contributed by atoms with van der Waals surface area (Å²) in [5.74, 6) is -0.0574. The molecule has 0 bridgehead atoms. The van der Waals surface area contributed by atoms with Crippen LogP contribution in [-0.2, 0) is 9.53 Å². The van der Waals surface area contributed by atoms with Gasteiger partial charge in [-0.1, -0.05) is 36.4 Å². The Morgan fingerprint density at radius 2 is 1.73 bits per heavy atom. The molecule has 1 aliphatic rings. The van der Waals surface area contributed by atoms with E-state index in [1.807, 2.05) is 43.3 Å². The van der Waals surface area contributed by atoms with Gasteiger partial charge in [0, 0.05) is 9.13 Å². The molecule has 0 unspecified atom stereocenters. The average Bonchev–Trinajstić information content (AvgIpc) is 3.01. The highest BCUT2D eigenvalue weighted by Crippen LogP contribution is 2.26. The molecule has 128 valence electrons. The molecule has 0 fully saturated rings. The molecule has 0 atom stereocenters. The van der Waals surface area contributed by atoms with Crippen LogP contribution in [0.5, 0.6) is 0 Å². The van der Waals surface area contributed by atoms with Crippen molar-refractivity contribution < 1.29 is 9.53 Å². The first-order valence-corrected chi connectivity index (χ1v) is 9.38. The predicted octanol–water partition coefficient (Wildman–Crippen LogP) is 5.41. The lowest BCUT2D eigenvalue weighted by Gasteiger charge is -2.05. The second-order valence-corrected chi connectivity index (χ2v) is 7.48. The average molecular weight is 453 g/mol. The Kier molecular flexibility index (Phi) is 4.36. The van der Waals surface area contributed by atoms with Crippen LogP contribution in [0.2, 0.25) is 0 Å². The highest BCUT2D eigenvalue weighted by Gasteiger charge is 2.24. The molecule has 0 aromatic heterocycles. The van der Waals surface area contributed by atoms with Gasteiger partial charge in [0.1, 0.15) is 0 Å². The van der Waals surface area contributed by atoms with Gasteiger partial charge in [-0.15, -0.1) is 0 Å². The smallest absolute Gasteiger partial charge is 0.363 e. The van der Waals surface area contributed by atoms with Crippen LogP contribution < -0.4 is 0 Å². The molecule has 0 radical (unpaired) electrons. The number of aryl methyl sites for hydroxylation is 2. The molecule has 0 saturated carbocycles. The van der Waals surface area contributed by atoms with E-state index in [9.17, 15) is 4.79 Å². The van der Waals surface area contributed by atoms with Gasteiger partial charge in [-0.05, 0) is 88.2 Å². The van der Waals surface area contributed by atoms with Gasteiger partial charge in [-0.3, -0.25) is 0 Å². The molecule has 0 saturated heterocycles. The van der Waals surface area contributed by atoms with E-state index in [1.54, 1.807) is 6.08 Å². The first-order chi connectivity index (χ1) is 12.5. The zero-order chi connectivity index (χ0) is 18.3. The number of ether oxygens (including phenoxy) is 1. The Hall–Kier alpha value is -2.47. The molecule has 0 spiro atoms. The van der Waals surface area contributed by atoms with Crippen LogP contribution in [0, 0.1) is 17.4 Å². The summed E-state index contributed by atoms with van der Waals surface area (Å²) in [6.45, 7) is 4.11. The Morgan fingerprint density at radius 1 is 0.962 bits per heavy atom. The van der Waals surface area contributed by atoms with Gasteiger partial charge in [0.15, 0.2) is 5.70 Å². The van der Waals surface area contributed by atoms with E-state index < -0.39 is 5.97 Å². The van der Waals surface area contributed by atoms with Crippen molar-refractivity contribution in [3.63, 3.8) is 0 Å². The van der Waals surface area contributed by atoms with E-state index >= 15 is 0 Å². The number of benzene rings is 3. The number of carbonyl (C=O) groups is 1. The van der Waals surface area contributed by atoms with Crippen molar-refractivity contribution in [3.05, 3.63) is 86.1 Å². The largest absolute Gasteiger partial charge is 0.402 e. The summed E-state index contributed by atoms with van der Waals surface area (Å²) >= 11 is 2.28. The van der Waals surface area contributed by atoms with Gasteiger partial charge in [0.25, 0.3) is 0 Å². The van der Waals surface area contributed by atoms with Crippen LogP contribution in [0.3, 0.4) is 0 Å². The number of hydrogen-bond donors (Lipinski definition) is 0. The van der Waals surface area contributed by atoms with Crippen LogP contribution >= 0.6 is 22.6 Å². The lowest BCUT2D eigenvalue weighted by Crippen LogP contribution is -2.05. The van der Waals surface area contributed by atoms with Crippen LogP contribution in [0.1, 0.15) is 22.3 Å². The third-order valence-electron chi connectivity index (χ3n) is 4.49. The van der Waals surface area contributed by atoms with Gasteiger partial charge >= 0.3 is 5.97 Å². The standard InChI is InChI=1S/C22H16INO2/c1-13-7-8-15(18-6-4-3-5-17(13)18)12-20-22(25)26-21(24-20)16-9-10-19(23)14(2)11-16/h3-12H,1-2H3/b20-12-. The number of halogens is 1. The molecular weight excluding hydrogens is 437 g/mol. The molecule has 3 nitrogen and oxygen atoms in total. The summed E-state index contributed by atoms with van der Waals surface area (Å²) in [5, 5.41) is 2.27. The summed E-state index contributed by atoms with van der Waals surface area (Å²) in [6, 6.07) is 18.1. The van der Waals surface area contributed by atoms with E-state index in [0.29, 0.717) is 11.6 Å². The van der Waals surface area contributed by atoms with Crippen molar-refractivity contribution >= 4 is 51.3 Å². The maximum absolute atomic E-state index is 12.3. The Bertz CT molecular complexity index is 1110. The second kappa shape index (κ2) is 6.68. The van der Waals surface area contributed by atoms with Crippen molar-refractivity contribution in [3.8, 4) is 0 Å². The third-order valence-corrected chi connectivity index (χ3v) is 5.70. The van der Waals surface area contributed by atoms with Crippen molar-refractivity contribution in [2.24, 2.45) is 4.99 Å². The number of cyclic esters (lactones) is 1. The zero-order valence-electron chi connectivity index (χ0n) is 14.4. The van der Waals surface area contributed by atoms with Crippen molar-refractivity contribution in [2.75, 3.05) is 0 Å². The SMILES string of the molecule is Cc1cc(C2=N/C(=C\c3ccc(C)c4ccccc34)C(=O)O2)ccc1I. The van der Waals surface area contributed by atoms with Gasteiger partial charge < -0.3 is 4.74 Å². The first kappa shape index (κ1) is 17.0. The first-order valence-electron chi connectivity index (χ1n) is 8.30. The maximum atomic E-state index is 12.3. The Balaban J connectivity index is 1.78. The minimum atomic E-state index is -0.416. The predicted molar refractivity (Wildman–Crippen MR) is 113 cm³/mol.